The lowest BCUT2D eigenvalue weighted by atomic mass is 10.1. The molecule has 2 rings (SSSR count). The second-order valence-corrected chi connectivity index (χ2v) is 5.27. The van der Waals surface area contributed by atoms with E-state index < -0.39 is 0 Å². The first-order valence-electron chi connectivity index (χ1n) is 7.07. The molecule has 118 valence electrons. The SMILES string of the molecule is CC(=C/c1ccccc1)/C=N/NC(=O)COc1cccc(Cl)c1. The first kappa shape index (κ1) is 16.8. The molecule has 0 aliphatic rings. The van der Waals surface area contributed by atoms with E-state index in [1.807, 2.05) is 43.3 Å². The van der Waals surface area contributed by atoms with E-state index in [1.54, 1.807) is 30.5 Å². The summed E-state index contributed by atoms with van der Waals surface area (Å²) in [5.41, 5.74) is 4.42. The molecule has 0 saturated heterocycles. The normalized spacial score (nSPS) is 11.5. The van der Waals surface area contributed by atoms with Crippen LogP contribution in [0.4, 0.5) is 0 Å². The van der Waals surface area contributed by atoms with Gasteiger partial charge in [0, 0.05) is 5.02 Å². The molecule has 0 aromatic heterocycles. The molecule has 1 N–H and O–H groups in total. The van der Waals surface area contributed by atoms with Crippen molar-refractivity contribution in [1.82, 2.24) is 5.43 Å². The van der Waals surface area contributed by atoms with Crippen molar-refractivity contribution < 1.29 is 9.53 Å². The highest BCUT2D eigenvalue weighted by atomic mass is 35.5. The topological polar surface area (TPSA) is 50.7 Å². The third kappa shape index (κ3) is 6.36. The summed E-state index contributed by atoms with van der Waals surface area (Å²) in [6.45, 7) is 1.78. The zero-order valence-electron chi connectivity index (χ0n) is 12.7. The van der Waals surface area contributed by atoms with Crippen LogP contribution in [0.25, 0.3) is 6.08 Å². The molecule has 4 nitrogen and oxygen atoms in total. The molecule has 0 bridgehead atoms. The summed E-state index contributed by atoms with van der Waals surface area (Å²) in [6.07, 6.45) is 3.56. The number of rotatable bonds is 6. The van der Waals surface area contributed by atoms with Gasteiger partial charge in [0.2, 0.25) is 0 Å². The molecule has 0 aliphatic carbocycles. The van der Waals surface area contributed by atoms with Gasteiger partial charge >= 0.3 is 0 Å². The molecule has 1 amide bonds. The zero-order valence-corrected chi connectivity index (χ0v) is 13.5. The number of allylic oxidation sites excluding steroid dienone is 1. The van der Waals surface area contributed by atoms with E-state index in [0.717, 1.165) is 11.1 Å². The average Bonchev–Trinajstić information content (AvgIpc) is 2.54. The second-order valence-electron chi connectivity index (χ2n) is 4.84. The van der Waals surface area contributed by atoms with Gasteiger partial charge in [-0.05, 0) is 36.3 Å². The molecule has 0 aliphatic heterocycles. The number of carbonyl (C=O) groups is 1. The fourth-order valence-electron chi connectivity index (χ4n) is 1.79. The van der Waals surface area contributed by atoms with Crippen LogP contribution in [0, 0.1) is 0 Å². The van der Waals surface area contributed by atoms with Crippen LogP contribution in [0.3, 0.4) is 0 Å². The Balaban J connectivity index is 1.78. The summed E-state index contributed by atoms with van der Waals surface area (Å²) in [5, 5.41) is 4.46. The highest BCUT2D eigenvalue weighted by Crippen LogP contribution is 2.16. The Morgan fingerprint density at radius 2 is 2.00 bits per heavy atom. The van der Waals surface area contributed by atoms with Gasteiger partial charge in [-0.1, -0.05) is 54.1 Å². The van der Waals surface area contributed by atoms with Gasteiger partial charge in [-0.3, -0.25) is 4.79 Å². The van der Waals surface area contributed by atoms with Crippen molar-refractivity contribution in [2.75, 3.05) is 6.61 Å². The van der Waals surface area contributed by atoms with Crippen LogP contribution in [0.2, 0.25) is 5.02 Å². The van der Waals surface area contributed by atoms with E-state index in [2.05, 4.69) is 10.5 Å². The number of carbonyl (C=O) groups excluding carboxylic acids is 1. The number of amides is 1. The predicted octanol–water partition coefficient (Wildman–Crippen LogP) is 3.92. The van der Waals surface area contributed by atoms with Crippen molar-refractivity contribution in [3.8, 4) is 5.75 Å². The van der Waals surface area contributed by atoms with Gasteiger partial charge in [0.1, 0.15) is 5.75 Å². The zero-order chi connectivity index (χ0) is 16.5. The Morgan fingerprint density at radius 1 is 1.22 bits per heavy atom. The third-order valence-corrected chi connectivity index (χ3v) is 3.05. The molecule has 0 fully saturated rings. The van der Waals surface area contributed by atoms with Crippen LogP contribution in [0.5, 0.6) is 5.75 Å². The number of hydrogen-bond donors (Lipinski definition) is 1. The van der Waals surface area contributed by atoms with E-state index in [-0.39, 0.29) is 12.5 Å². The second kappa shape index (κ2) is 8.76. The largest absolute Gasteiger partial charge is 0.484 e. The number of hydrogen-bond acceptors (Lipinski definition) is 3. The number of nitrogens with one attached hydrogen (secondary N) is 1. The number of benzene rings is 2. The van der Waals surface area contributed by atoms with Gasteiger partial charge in [-0.25, -0.2) is 5.43 Å². The summed E-state index contributed by atoms with van der Waals surface area (Å²) in [7, 11) is 0. The molecule has 0 saturated carbocycles. The average molecular weight is 329 g/mol. The van der Waals surface area contributed by atoms with E-state index in [0.29, 0.717) is 10.8 Å². The van der Waals surface area contributed by atoms with Gasteiger partial charge < -0.3 is 4.74 Å². The Bertz CT molecular complexity index is 712. The number of ether oxygens (including phenoxy) is 1. The van der Waals surface area contributed by atoms with Crippen molar-refractivity contribution in [1.29, 1.82) is 0 Å². The standard InChI is InChI=1S/C18H17ClN2O2/c1-14(10-15-6-3-2-4-7-15)12-20-21-18(22)13-23-17-9-5-8-16(19)11-17/h2-12H,13H2,1H3,(H,21,22)/b14-10-,20-12+. The number of halogens is 1. The van der Waals surface area contributed by atoms with Crippen LogP contribution < -0.4 is 10.2 Å². The fraction of sp³-hybridized carbons (Fsp3) is 0.111. The van der Waals surface area contributed by atoms with Gasteiger partial charge in [0.05, 0.1) is 6.21 Å². The molecule has 5 heteroatoms. The monoisotopic (exact) mass is 328 g/mol. The van der Waals surface area contributed by atoms with Crippen molar-refractivity contribution in [3.63, 3.8) is 0 Å². The van der Waals surface area contributed by atoms with Crippen LogP contribution in [-0.4, -0.2) is 18.7 Å². The molecule has 0 radical (unpaired) electrons. The fourth-order valence-corrected chi connectivity index (χ4v) is 1.97. The maximum atomic E-state index is 11.6. The minimum atomic E-state index is -0.339. The van der Waals surface area contributed by atoms with Crippen LogP contribution >= 0.6 is 11.6 Å². The smallest absolute Gasteiger partial charge is 0.277 e. The van der Waals surface area contributed by atoms with E-state index in [9.17, 15) is 4.79 Å². The molecule has 0 heterocycles. The van der Waals surface area contributed by atoms with Gasteiger partial charge in [0.15, 0.2) is 6.61 Å². The summed E-state index contributed by atoms with van der Waals surface area (Å²) in [5.74, 6) is 0.200. The summed E-state index contributed by atoms with van der Waals surface area (Å²) >= 11 is 5.83. The lowest BCUT2D eigenvalue weighted by Gasteiger charge is -2.04. The van der Waals surface area contributed by atoms with Crippen molar-refractivity contribution in [2.45, 2.75) is 6.92 Å². The highest BCUT2D eigenvalue weighted by Gasteiger charge is 2.01. The van der Waals surface area contributed by atoms with Gasteiger partial charge in [-0.15, -0.1) is 0 Å². The molecule has 2 aromatic carbocycles. The number of nitrogens with zero attached hydrogens (tertiary/aromatic N) is 1. The quantitative estimate of drug-likeness (QED) is 0.645. The van der Waals surface area contributed by atoms with E-state index >= 15 is 0 Å². The minimum absolute atomic E-state index is 0.126. The Kier molecular flexibility index (Phi) is 6.39. The Hall–Kier alpha value is -2.59. The van der Waals surface area contributed by atoms with Crippen molar-refractivity contribution >= 4 is 29.8 Å². The molecule has 0 spiro atoms. The molecule has 2 aromatic rings. The molecule has 0 atom stereocenters. The van der Waals surface area contributed by atoms with Crippen LogP contribution in [0.15, 0.2) is 65.3 Å². The maximum absolute atomic E-state index is 11.6. The summed E-state index contributed by atoms with van der Waals surface area (Å²) < 4.78 is 5.32. The molecular weight excluding hydrogens is 312 g/mol. The van der Waals surface area contributed by atoms with E-state index in [4.69, 9.17) is 16.3 Å². The molecule has 0 unspecified atom stereocenters. The number of hydrazone groups is 1. The summed E-state index contributed by atoms with van der Waals surface area (Å²) in [6, 6.07) is 16.7. The lowest BCUT2D eigenvalue weighted by molar-refractivity contribution is -0.123. The van der Waals surface area contributed by atoms with Crippen LogP contribution in [0.1, 0.15) is 12.5 Å². The Morgan fingerprint density at radius 3 is 2.74 bits per heavy atom. The van der Waals surface area contributed by atoms with E-state index in [1.165, 1.54) is 0 Å². The Labute approximate surface area is 140 Å². The predicted molar refractivity (Wildman–Crippen MR) is 93.7 cm³/mol. The highest BCUT2D eigenvalue weighted by molar-refractivity contribution is 6.30. The molecular formula is C18H17ClN2O2. The molecule has 23 heavy (non-hydrogen) atoms. The van der Waals surface area contributed by atoms with Gasteiger partial charge in [0.25, 0.3) is 5.91 Å². The lowest BCUT2D eigenvalue weighted by Crippen LogP contribution is -2.24. The first-order valence-corrected chi connectivity index (χ1v) is 7.45. The maximum Gasteiger partial charge on any atom is 0.277 e. The third-order valence-electron chi connectivity index (χ3n) is 2.82. The van der Waals surface area contributed by atoms with Gasteiger partial charge in [-0.2, -0.15) is 5.10 Å². The minimum Gasteiger partial charge on any atom is -0.484 e. The summed E-state index contributed by atoms with van der Waals surface area (Å²) in [4.78, 5) is 11.6. The van der Waals surface area contributed by atoms with Crippen molar-refractivity contribution in [3.05, 3.63) is 70.8 Å². The van der Waals surface area contributed by atoms with Crippen LogP contribution in [-0.2, 0) is 4.79 Å². The van der Waals surface area contributed by atoms with Crippen molar-refractivity contribution in [2.24, 2.45) is 5.10 Å². The first-order chi connectivity index (χ1) is 11.1.